The van der Waals surface area contributed by atoms with Gasteiger partial charge in [-0.1, -0.05) is 53.7 Å². The standard InChI is InChI=1S/C17H26O2/c1-12(18-8)19-15-10-9-13(16(2,3)4)11-14(15)17(5,6)7/h9-11H,1H2,2-8H3. The Balaban J connectivity index is 3.29. The number of rotatable bonds is 3. The van der Waals surface area contributed by atoms with Crippen molar-refractivity contribution in [2.75, 3.05) is 7.11 Å². The van der Waals surface area contributed by atoms with Crippen molar-refractivity contribution in [2.45, 2.75) is 52.4 Å². The van der Waals surface area contributed by atoms with E-state index >= 15 is 0 Å². The first-order valence-corrected chi connectivity index (χ1v) is 6.61. The van der Waals surface area contributed by atoms with E-state index in [2.05, 4.69) is 60.3 Å². The van der Waals surface area contributed by atoms with Crippen LogP contribution in [0, 0.1) is 0 Å². The van der Waals surface area contributed by atoms with Crippen LogP contribution < -0.4 is 4.74 Å². The highest BCUT2D eigenvalue weighted by Crippen LogP contribution is 2.36. The highest BCUT2D eigenvalue weighted by atomic mass is 16.7. The molecule has 0 atom stereocenters. The summed E-state index contributed by atoms with van der Waals surface area (Å²) < 4.78 is 10.7. The van der Waals surface area contributed by atoms with Crippen LogP contribution in [0.1, 0.15) is 52.7 Å². The van der Waals surface area contributed by atoms with Gasteiger partial charge in [-0.25, -0.2) is 0 Å². The quantitative estimate of drug-likeness (QED) is 0.730. The first-order valence-electron chi connectivity index (χ1n) is 6.61. The Kier molecular flexibility index (Phi) is 4.34. The van der Waals surface area contributed by atoms with E-state index in [1.54, 1.807) is 7.11 Å². The van der Waals surface area contributed by atoms with Gasteiger partial charge in [0.25, 0.3) is 5.95 Å². The van der Waals surface area contributed by atoms with Gasteiger partial charge in [0.1, 0.15) is 5.75 Å². The summed E-state index contributed by atoms with van der Waals surface area (Å²) in [7, 11) is 1.56. The van der Waals surface area contributed by atoms with Crippen LogP contribution in [0.4, 0.5) is 0 Å². The first kappa shape index (κ1) is 15.6. The maximum absolute atomic E-state index is 5.67. The van der Waals surface area contributed by atoms with E-state index in [0.29, 0.717) is 5.95 Å². The second kappa shape index (κ2) is 5.28. The van der Waals surface area contributed by atoms with Gasteiger partial charge in [-0.3, -0.25) is 0 Å². The van der Waals surface area contributed by atoms with Crippen molar-refractivity contribution in [1.29, 1.82) is 0 Å². The number of benzene rings is 1. The molecule has 0 saturated carbocycles. The molecular formula is C17H26O2. The zero-order chi connectivity index (χ0) is 14.8. The second-order valence-corrected chi connectivity index (χ2v) is 6.89. The first-order chi connectivity index (χ1) is 8.55. The lowest BCUT2D eigenvalue weighted by Crippen LogP contribution is -2.17. The fourth-order valence-corrected chi connectivity index (χ4v) is 1.84. The summed E-state index contributed by atoms with van der Waals surface area (Å²) in [4.78, 5) is 0. The van der Waals surface area contributed by atoms with Gasteiger partial charge in [0, 0.05) is 5.56 Å². The highest BCUT2D eigenvalue weighted by Gasteiger charge is 2.23. The molecule has 0 radical (unpaired) electrons. The Labute approximate surface area is 117 Å². The molecule has 0 amide bonds. The summed E-state index contributed by atoms with van der Waals surface area (Å²) in [6, 6.07) is 6.33. The summed E-state index contributed by atoms with van der Waals surface area (Å²) in [6.07, 6.45) is 0. The van der Waals surface area contributed by atoms with Crippen molar-refractivity contribution >= 4 is 0 Å². The van der Waals surface area contributed by atoms with Crippen LogP contribution in [0.25, 0.3) is 0 Å². The van der Waals surface area contributed by atoms with Crippen LogP contribution in [-0.4, -0.2) is 7.11 Å². The van der Waals surface area contributed by atoms with E-state index in [-0.39, 0.29) is 10.8 Å². The van der Waals surface area contributed by atoms with Gasteiger partial charge in [0.05, 0.1) is 7.11 Å². The summed E-state index contributed by atoms with van der Waals surface area (Å²) >= 11 is 0. The molecule has 0 aliphatic carbocycles. The molecule has 1 aromatic carbocycles. The minimum absolute atomic E-state index is 0.00458. The fourth-order valence-electron chi connectivity index (χ4n) is 1.84. The molecule has 0 unspecified atom stereocenters. The predicted molar refractivity (Wildman–Crippen MR) is 80.6 cm³/mol. The van der Waals surface area contributed by atoms with Gasteiger partial charge >= 0.3 is 0 Å². The summed E-state index contributed by atoms with van der Waals surface area (Å²) in [5.74, 6) is 1.13. The van der Waals surface area contributed by atoms with Crippen LogP contribution >= 0.6 is 0 Å². The van der Waals surface area contributed by atoms with Crippen molar-refractivity contribution in [3.63, 3.8) is 0 Å². The van der Waals surface area contributed by atoms with E-state index in [9.17, 15) is 0 Å². The van der Waals surface area contributed by atoms with E-state index in [4.69, 9.17) is 9.47 Å². The SMILES string of the molecule is C=C(OC)Oc1ccc(C(C)(C)C)cc1C(C)(C)C. The van der Waals surface area contributed by atoms with Crippen LogP contribution in [-0.2, 0) is 15.6 Å². The van der Waals surface area contributed by atoms with E-state index in [0.717, 1.165) is 11.3 Å². The Bertz CT molecular complexity index is 459. The Morgan fingerprint density at radius 3 is 2.00 bits per heavy atom. The molecule has 0 aliphatic heterocycles. The van der Waals surface area contributed by atoms with Gasteiger partial charge in [-0.15, -0.1) is 0 Å². The molecule has 2 heteroatoms. The smallest absolute Gasteiger partial charge is 0.276 e. The van der Waals surface area contributed by atoms with Crippen molar-refractivity contribution in [3.8, 4) is 5.75 Å². The molecule has 0 heterocycles. The molecule has 0 bridgehead atoms. The van der Waals surface area contributed by atoms with Crippen molar-refractivity contribution in [3.05, 3.63) is 41.9 Å². The summed E-state index contributed by atoms with van der Waals surface area (Å²) in [5, 5.41) is 0. The Morgan fingerprint density at radius 2 is 1.58 bits per heavy atom. The number of hydrogen-bond donors (Lipinski definition) is 0. The summed E-state index contributed by atoms with van der Waals surface area (Å²) in [6.45, 7) is 16.9. The van der Waals surface area contributed by atoms with Crippen LogP contribution in [0.3, 0.4) is 0 Å². The average molecular weight is 262 g/mol. The predicted octanol–water partition coefficient (Wildman–Crippen LogP) is 4.78. The molecule has 0 saturated heterocycles. The topological polar surface area (TPSA) is 18.5 Å². The maximum Gasteiger partial charge on any atom is 0.276 e. The highest BCUT2D eigenvalue weighted by molar-refractivity contribution is 5.44. The third-order valence-electron chi connectivity index (χ3n) is 3.11. The largest absolute Gasteiger partial charge is 0.469 e. The number of methoxy groups -OCH3 is 1. The minimum atomic E-state index is 0.00458. The lowest BCUT2D eigenvalue weighted by Gasteiger charge is -2.27. The maximum atomic E-state index is 5.67. The number of ether oxygens (including phenoxy) is 2. The molecule has 2 nitrogen and oxygen atoms in total. The number of hydrogen-bond acceptors (Lipinski definition) is 2. The lowest BCUT2D eigenvalue weighted by molar-refractivity contribution is 0.152. The van der Waals surface area contributed by atoms with Gasteiger partial charge < -0.3 is 9.47 Å². The van der Waals surface area contributed by atoms with Crippen molar-refractivity contribution in [2.24, 2.45) is 0 Å². The third kappa shape index (κ3) is 4.02. The molecule has 0 aliphatic rings. The average Bonchev–Trinajstić information content (AvgIpc) is 2.26. The molecule has 0 fully saturated rings. The van der Waals surface area contributed by atoms with E-state index < -0.39 is 0 Å². The summed E-state index contributed by atoms with van der Waals surface area (Å²) in [5.41, 5.74) is 2.59. The fraction of sp³-hybridized carbons (Fsp3) is 0.529. The van der Waals surface area contributed by atoms with Gasteiger partial charge in [0.15, 0.2) is 0 Å². The monoisotopic (exact) mass is 262 g/mol. The van der Waals surface area contributed by atoms with Gasteiger partial charge in [0.2, 0.25) is 0 Å². The zero-order valence-corrected chi connectivity index (χ0v) is 13.3. The van der Waals surface area contributed by atoms with E-state index in [1.165, 1.54) is 5.56 Å². The van der Waals surface area contributed by atoms with Gasteiger partial charge in [-0.2, -0.15) is 0 Å². The van der Waals surface area contributed by atoms with Crippen LogP contribution in [0.5, 0.6) is 5.75 Å². The third-order valence-corrected chi connectivity index (χ3v) is 3.11. The lowest BCUT2D eigenvalue weighted by atomic mass is 9.80. The minimum Gasteiger partial charge on any atom is -0.469 e. The van der Waals surface area contributed by atoms with Crippen LogP contribution in [0.2, 0.25) is 0 Å². The molecule has 0 N–H and O–H groups in total. The normalized spacial score (nSPS) is 12.2. The molecular weight excluding hydrogens is 236 g/mol. The molecule has 0 aromatic heterocycles. The van der Waals surface area contributed by atoms with Crippen molar-refractivity contribution in [1.82, 2.24) is 0 Å². The van der Waals surface area contributed by atoms with Crippen molar-refractivity contribution < 1.29 is 9.47 Å². The molecule has 19 heavy (non-hydrogen) atoms. The Hall–Kier alpha value is -1.44. The molecule has 0 spiro atoms. The molecule has 106 valence electrons. The van der Waals surface area contributed by atoms with Gasteiger partial charge in [-0.05, 0) is 29.0 Å². The molecule has 1 rings (SSSR count). The second-order valence-electron chi connectivity index (χ2n) is 6.89. The zero-order valence-electron chi connectivity index (χ0n) is 13.3. The molecule has 1 aromatic rings. The van der Waals surface area contributed by atoms with E-state index in [1.807, 2.05) is 6.07 Å². The Morgan fingerprint density at radius 1 is 1.00 bits per heavy atom. The van der Waals surface area contributed by atoms with Crippen LogP contribution in [0.15, 0.2) is 30.7 Å².